The number of fused-ring (bicyclic) bond motifs is 4. The molecule has 70 heavy (non-hydrogen) atoms. The highest BCUT2D eigenvalue weighted by molar-refractivity contribution is 6.02. The van der Waals surface area contributed by atoms with Gasteiger partial charge in [-0.1, -0.05) is 267 Å². The van der Waals surface area contributed by atoms with E-state index in [2.05, 4.69) is 279 Å². The third-order valence-corrected chi connectivity index (χ3v) is 14.3. The van der Waals surface area contributed by atoms with Gasteiger partial charge in [-0.2, -0.15) is 0 Å². The van der Waals surface area contributed by atoms with Crippen molar-refractivity contribution in [2.24, 2.45) is 0 Å². The first-order chi connectivity index (χ1) is 34.7. The molecule has 0 bridgehead atoms. The lowest BCUT2D eigenvalue weighted by molar-refractivity contribution is 1.54. The van der Waals surface area contributed by atoms with Crippen molar-refractivity contribution in [1.82, 2.24) is 0 Å². The molecule has 13 aromatic carbocycles. The number of hydrogen-bond donors (Lipinski definition) is 0. The van der Waals surface area contributed by atoms with Crippen molar-refractivity contribution in [2.45, 2.75) is 0 Å². The zero-order chi connectivity index (χ0) is 46.4. The summed E-state index contributed by atoms with van der Waals surface area (Å²) in [6, 6.07) is 103. The fourth-order valence-corrected chi connectivity index (χ4v) is 10.8. The predicted octanol–water partition coefficient (Wildman–Crippen LogP) is 19.6. The molecule has 0 radical (unpaired) electrons. The molecule has 0 aliphatic rings. The van der Waals surface area contributed by atoms with Crippen LogP contribution in [0.15, 0.2) is 279 Å². The van der Waals surface area contributed by atoms with Gasteiger partial charge in [0.1, 0.15) is 0 Å². The van der Waals surface area contributed by atoms with Crippen molar-refractivity contribution in [3.8, 4) is 89.0 Å². The van der Waals surface area contributed by atoms with E-state index in [1.54, 1.807) is 0 Å². The predicted molar refractivity (Wildman–Crippen MR) is 300 cm³/mol. The quantitative estimate of drug-likeness (QED) is 0.143. The molecule has 0 aromatic heterocycles. The first-order valence-corrected chi connectivity index (χ1v) is 24.2. The molecule has 0 saturated heterocycles. The van der Waals surface area contributed by atoms with Gasteiger partial charge in [-0.25, -0.2) is 0 Å². The summed E-state index contributed by atoms with van der Waals surface area (Å²) in [6.07, 6.45) is 0. The topological polar surface area (TPSA) is 0 Å². The van der Waals surface area contributed by atoms with E-state index >= 15 is 0 Å². The summed E-state index contributed by atoms with van der Waals surface area (Å²) in [7, 11) is 0. The van der Waals surface area contributed by atoms with Gasteiger partial charge in [0.25, 0.3) is 0 Å². The highest BCUT2D eigenvalue weighted by atomic mass is 14.2. The van der Waals surface area contributed by atoms with Gasteiger partial charge >= 0.3 is 0 Å². The first kappa shape index (κ1) is 41.1. The van der Waals surface area contributed by atoms with Crippen LogP contribution in [0.2, 0.25) is 0 Å². The van der Waals surface area contributed by atoms with Gasteiger partial charge in [-0.3, -0.25) is 0 Å². The zero-order valence-electron chi connectivity index (χ0n) is 38.6. The summed E-state index contributed by atoms with van der Waals surface area (Å²) < 4.78 is 0. The Hall–Kier alpha value is -9.10. The lowest BCUT2D eigenvalue weighted by Gasteiger charge is -2.20. The molecule has 13 aromatic rings. The lowest BCUT2D eigenvalue weighted by Crippen LogP contribution is -1.93. The Kier molecular flexibility index (Phi) is 10.3. The Bertz CT molecular complexity index is 3510. The van der Waals surface area contributed by atoms with E-state index in [0.717, 1.165) is 0 Å². The average molecular weight is 887 g/mol. The molecule has 0 saturated carbocycles. The maximum absolute atomic E-state index is 2.45. The normalized spacial score (nSPS) is 11.4. The summed E-state index contributed by atoms with van der Waals surface area (Å²) in [5.41, 5.74) is 19.2. The number of benzene rings is 13. The molecule has 0 heteroatoms. The fraction of sp³-hybridized carbons (Fsp3) is 0. The van der Waals surface area contributed by atoms with Crippen molar-refractivity contribution in [1.29, 1.82) is 0 Å². The summed E-state index contributed by atoms with van der Waals surface area (Å²) in [5, 5.41) is 10.0. The Morgan fingerprint density at radius 1 is 0.129 bits per heavy atom. The number of rotatable bonds is 8. The maximum atomic E-state index is 2.45. The second-order valence-electron chi connectivity index (χ2n) is 18.4. The minimum absolute atomic E-state index is 1.17. The van der Waals surface area contributed by atoms with Crippen LogP contribution in [0, 0.1) is 0 Å². The van der Waals surface area contributed by atoms with E-state index in [1.807, 2.05) is 0 Å². The van der Waals surface area contributed by atoms with E-state index in [-0.39, 0.29) is 0 Å². The molecular formula is C70H46. The maximum Gasteiger partial charge on any atom is -0.00988 e. The number of hydrogen-bond acceptors (Lipinski definition) is 0. The van der Waals surface area contributed by atoms with E-state index < -0.39 is 0 Å². The smallest absolute Gasteiger partial charge is 0.00988 e. The molecule has 0 N–H and O–H groups in total. The van der Waals surface area contributed by atoms with Crippen molar-refractivity contribution in [3.05, 3.63) is 279 Å². The second kappa shape index (κ2) is 17.5. The van der Waals surface area contributed by atoms with Gasteiger partial charge in [0.05, 0.1) is 0 Å². The van der Waals surface area contributed by atoms with Crippen LogP contribution >= 0.6 is 0 Å². The highest BCUT2D eigenvalue weighted by Crippen LogP contribution is 2.45. The monoisotopic (exact) mass is 886 g/mol. The molecule has 0 fully saturated rings. The van der Waals surface area contributed by atoms with Crippen molar-refractivity contribution in [3.63, 3.8) is 0 Å². The minimum Gasteiger partial charge on any atom is -0.0616 e. The van der Waals surface area contributed by atoms with Crippen LogP contribution in [0.25, 0.3) is 132 Å². The highest BCUT2D eigenvalue weighted by Gasteiger charge is 2.18. The molecular weight excluding hydrogens is 841 g/mol. The molecule has 0 nitrogen and oxygen atoms in total. The molecule has 326 valence electrons. The molecule has 0 atom stereocenters. The van der Waals surface area contributed by atoms with E-state index in [0.29, 0.717) is 0 Å². The standard InChI is InChI=1S/C70H46/c1-5-21-59-47(13-1)17-9-25-63(59)51-29-37-55(38-30-51)67-45-69(57-41-33-53(34-42-57)65-27-11-19-49-15-3-7-23-61(49)65)70(58-43-35-54(36-44-58)66-28-12-20-50-16-4-8-24-62(50)66)46-68(67)56-39-31-52(32-40-56)64-26-10-18-48-14-2-6-22-60(48)64/h1-46H. The van der Waals surface area contributed by atoms with Crippen molar-refractivity contribution >= 4 is 43.1 Å². The van der Waals surface area contributed by atoms with Crippen LogP contribution < -0.4 is 0 Å². The van der Waals surface area contributed by atoms with Gasteiger partial charge in [-0.15, -0.1) is 0 Å². The second-order valence-corrected chi connectivity index (χ2v) is 18.4. The van der Waals surface area contributed by atoms with Crippen LogP contribution in [0.3, 0.4) is 0 Å². The molecule has 0 unspecified atom stereocenters. The molecule has 0 amide bonds. The Morgan fingerprint density at radius 3 is 0.514 bits per heavy atom. The van der Waals surface area contributed by atoms with Gasteiger partial charge in [0, 0.05) is 0 Å². The zero-order valence-corrected chi connectivity index (χ0v) is 38.6. The third kappa shape index (κ3) is 7.44. The third-order valence-electron chi connectivity index (χ3n) is 14.3. The molecule has 0 spiro atoms. The van der Waals surface area contributed by atoms with E-state index in [4.69, 9.17) is 0 Å². The van der Waals surface area contributed by atoms with Crippen LogP contribution in [-0.2, 0) is 0 Å². The minimum atomic E-state index is 1.17. The molecule has 13 rings (SSSR count). The Morgan fingerprint density at radius 2 is 0.300 bits per heavy atom. The van der Waals surface area contributed by atoms with E-state index in [1.165, 1.54) is 132 Å². The molecule has 0 aliphatic carbocycles. The molecule has 0 aliphatic heterocycles. The SMILES string of the molecule is c1ccc2c(-c3ccc(-c4cc(-c5ccc(-c6cccc7ccccc67)cc5)c(-c5ccc(-c6cccc7ccccc67)cc5)cc4-c4ccc(-c5cccc6ccccc56)cc4)cc3)cccc2c1. The van der Waals surface area contributed by atoms with Crippen molar-refractivity contribution < 1.29 is 0 Å². The largest absolute Gasteiger partial charge is 0.0616 e. The summed E-state index contributed by atoms with van der Waals surface area (Å²) >= 11 is 0. The lowest BCUT2D eigenvalue weighted by atomic mass is 9.84. The first-order valence-electron chi connectivity index (χ1n) is 24.2. The summed E-state index contributed by atoms with van der Waals surface area (Å²) in [5.74, 6) is 0. The van der Waals surface area contributed by atoms with Crippen molar-refractivity contribution in [2.75, 3.05) is 0 Å². The van der Waals surface area contributed by atoms with Gasteiger partial charge in [-0.05, 0) is 144 Å². The summed E-state index contributed by atoms with van der Waals surface area (Å²) in [4.78, 5) is 0. The van der Waals surface area contributed by atoms with Crippen LogP contribution in [0.4, 0.5) is 0 Å². The van der Waals surface area contributed by atoms with Gasteiger partial charge in [0.15, 0.2) is 0 Å². The van der Waals surface area contributed by atoms with Crippen LogP contribution in [0.5, 0.6) is 0 Å². The van der Waals surface area contributed by atoms with Crippen LogP contribution in [-0.4, -0.2) is 0 Å². The van der Waals surface area contributed by atoms with E-state index in [9.17, 15) is 0 Å². The Labute approximate surface area is 409 Å². The van der Waals surface area contributed by atoms with Gasteiger partial charge in [0.2, 0.25) is 0 Å². The molecule has 0 heterocycles. The Balaban J connectivity index is 0.997. The summed E-state index contributed by atoms with van der Waals surface area (Å²) in [6.45, 7) is 0. The van der Waals surface area contributed by atoms with Gasteiger partial charge < -0.3 is 0 Å². The average Bonchev–Trinajstić information content (AvgIpc) is 3.44. The van der Waals surface area contributed by atoms with Crippen LogP contribution in [0.1, 0.15) is 0 Å². The fourth-order valence-electron chi connectivity index (χ4n) is 10.8.